The number of carbonyl (C=O) groups excluding carboxylic acids is 2. The SMILES string of the molecule is Cc1oc(S(=O)(=O)[NH+]2CCCCC2)cc1C(=O)N1CCC2=C(C1)SC(C(=O)NO)C2. The predicted octanol–water partition coefficient (Wildman–Crippen LogP) is 0.456. The first-order chi connectivity index (χ1) is 14.3. The molecule has 3 aliphatic rings. The van der Waals surface area contributed by atoms with Crippen LogP contribution in [0.15, 0.2) is 26.1 Å². The van der Waals surface area contributed by atoms with Gasteiger partial charge in [0.2, 0.25) is 0 Å². The van der Waals surface area contributed by atoms with Crippen molar-refractivity contribution in [3.63, 3.8) is 0 Å². The number of furan rings is 1. The number of nitrogens with zero attached hydrogens (tertiary/aromatic N) is 1. The van der Waals surface area contributed by atoms with Crippen LogP contribution in [0.1, 0.15) is 48.2 Å². The second-order valence-corrected chi connectivity index (χ2v) is 11.2. The molecule has 0 spiro atoms. The fourth-order valence-corrected chi connectivity index (χ4v) is 7.25. The summed E-state index contributed by atoms with van der Waals surface area (Å²) in [6, 6.07) is 1.36. The van der Waals surface area contributed by atoms with Crippen molar-refractivity contribution >= 4 is 33.6 Å². The number of hydroxylamine groups is 1. The first-order valence-corrected chi connectivity index (χ1v) is 12.5. The highest BCUT2D eigenvalue weighted by Crippen LogP contribution is 2.42. The van der Waals surface area contributed by atoms with Crippen LogP contribution in [-0.2, 0) is 14.8 Å². The number of quaternary nitrogens is 1. The highest BCUT2D eigenvalue weighted by Gasteiger charge is 2.37. The number of carbonyl (C=O) groups is 2. The molecule has 3 aliphatic heterocycles. The maximum absolute atomic E-state index is 13.1. The van der Waals surface area contributed by atoms with E-state index in [2.05, 4.69) is 0 Å². The minimum Gasteiger partial charge on any atom is -0.445 e. The van der Waals surface area contributed by atoms with Crippen LogP contribution < -0.4 is 9.79 Å². The average Bonchev–Trinajstić information content (AvgIpc) is 3.36. The molecule has 4 rings (SSSR count). The number of hydrogen-bond acceptors (Lipinski definition) is 7. The Balaban J connectivity index is 1.49. The van der Waals surface area contributed by atoms with Crippen LogP contribution in [0.3, 0.4) is 0 Å². The Morgan fingerprint density at radius 1 is 1.30 bits per heavy atom. The first kappa shape index (κ1) is 21.4. The molecular formula is C19H26N3O6S2+. The Kier molecular flexibility index (Phi) is 5.97. The van der Waals surface area contributed by atoms with Gasteiger partial charge in [0.15, 0.2) is 0 Å². The van der Waals surface area contributed by atoms with Gasteiger partial charge in [-0.25, -0.2) is 9.79 Å². The van der Waals surface area contributed by atoms with Crippen molar-refractivity contribution in [2.75, 3.05) is 26.2 Å². The molecule has 2 amide bonds. The quantitative estimate of drug-likeness (QED) is 0.444. The molecule has 1 atom stereocenters. The van der Waals surface area contributed by atoms with Gasteiger partial charge in [-0.3, -0.25) is 14.8 Å². The van der Waals surface area contributed by atoms with Crippen molar-refractivity contribution in [1.82, 2.24) is 10.4 Å². The number of aryl methyl sites for hydroxylation is 1. The zero-order valence-electron chi connectivity index (χ0n) is 16.8. The van der Waals surface area contributed by atoms with Gasteiger partial charge in [0, 0.05) is 17.5 Å². The number of nitrogens with one attached hydrogen (secondary N) is 2. The third-order valence-electron chi connectivity index (χ3n) is 6.00. The van der Waals surface area contributed by atoms with E-state index in [1.807, 2.05) is 0 Å². The van der Waals surface area contributed by atoms with E-state index in [0.717, 1.165) is 29.7 Å². The van der Waals surface area contributed by atoms with Gasteiger partial charge in [0.25, 0.3) is 16.9 Å². The minimum atomic E-state index is -3.66. The van der Waals surface area contributed by atoms with Crippen molar-refractivity contribution in [3.8, 4) is 0 Å². The summed E-state index contributed by atoms with van der Waals surface area (Å²) < 4.78 is 31.8. The van der Waals surface area contributed by atoms with E-state index in [1.165, 1.54) is 17.8 Å². The zero-order chi connectivity index (χ0) is 21.5. The number of rotatable bonds is 4. The maximum Gasteiger partial charge on any atom is 0.359 e. The number of thioether (sulfide) groups is 1. The minimum absolute atomic E-state index is 0.146. The van der Waals surface area contributed by atoms with Gasteiger partial charge < -0.3 is 9.32 Å². The third-order valence-corrected chi connectivity index (χ3v) is 9.27. The molecule has 11 heteroatoms. The molecule has 1 fully saturated rings. The molecule has 1 unspecified atom stereocenters. The van der Waals surface area contributed by atoms with Gasteiger partial charge in [0.05, 0.1) is 30.4 Å². The summed E-state index contributed by atoms with van der Waals surface area (Å²) >= 11 is 1.37. The molecule has 3 N–H and O–H groups in total. The molecule has 1 saturated heterocycles. The summed E-state index contributed by atoms with van der Waals surface area (Å²) in [5, 5.41) is 8.33. The third kappa shape index (κ3) is 3.91. The smallest absolute Gasteiger partial charge is 0.359 e. The second-order valence-electron chi connectivity index (χ2n) is 7.93. The van der Waals surface area contributed by atoms with Gasteiger partial charge in [0.1, 0.15) is 5.76 Å². The molecule has 1 aromatic heterocycles. The van der Waals surface area contributed by atoms with Gasteiger partial charge >= 0.3 is 10.0 Å². The Bertz CT molecular complexity index is 994. The van der Waals surface area contributed by atoms with Crippen LogP contribution in [0, 0.1) is 6.92 Å². The lowest BCUT2D eigenvalue weighted by Gasteiger charge is -2.27. The number of sulfonamides is 1. The molecule has 0 aromatic carbocycles. The fraction of sp³-hybridized carbons (Fsp3) is 0.579. The molecule has 30 heavy (non-hydrogen) atoms. The Morgan fingerprint density at radius 2 is 2.03 bits per heavy atom. The molecule has 0 saturated carbocycles. The number of hydrogen-bond donors (Lipinski definition) is 3. The van der Waals surface area contributed by atoms with E-state index in [4.69, 9.17) is 9.62 Å². The predicted molar refractivity (Wildman–Crippen MR) is 109 cm³/mol. The van der Waals surface area contributed by atoms with Gasteiger partial charge in [-0.05, 0) is 39.0 Å². The van der Waals surface area contributed by atoms with E-state index < -0.39 is 15.9 Å². The molecule has 164 valence electrons. The molecule has 4 heterocycles. The van der Waals surface area contributed by atoms with Crippen LogP contribution >= 0.6 is 11.8 Å². The average molecular weight is 457 g/mol. The van der Waals surface area contributed by atoms with Crippen LogP contribution in [0.25, 0.3) is 0 Å². The summed E-state index contributed by atoms with van der Waals surface area (Å²) in [6.07, 6.45) is 3.98. The monoisotopic (exact) mass is 456 g/mol. The second kappa shape index (κ2) is 8.37. The summed E-state index contributed by atoms with van der Waals surface area (Å²) in [4.78, 5) is 27.4. The van der Waals surface area contributed by atoms with Crippen molar-refractivity contribution in [2.45, 2.75) is 49.4 Å². The van der Waals surface area contributed by atoms with E-state index in [0.29, 0.717) is 49.1 Å². The largest absolute Gasteiger partial charge is 0.445 e. The Hall–Kier alpha value is -1.82. The van der Waals surface area contributed by atoms with E-state index >= 15 is 0 Å². The maximum atomic E-state index is 13.1. The Morgan fingerprint density at radius 3 is 2.73 bits per heavy atom. The zero-order valence-corrected chi connectivity index (χ0v) is 18.4. The van der Waals surface area contributed by atoms with E-state index in [-0.39, 0.29) is 21.8 Å². The lowest BCUT2D eigenvalue weighted by molar-refractivity contribution is -0.774. The van der Waals surface area contributed by atoms with Crippen LogP contribution in [0.4, 0.5) is 0 Å². The molecule has 0 bridgehead atoms. The summed E-state index contributed by atoms with van der Waals surface area (Å²) in [7, 11) is -3.66. The molecule has 9 nitrogen and oxygen atoms in total. The fourth-order valence-electron chi connectivity index (χ4n) is 4.27. The highest BCUT2D eigenvalue weighted by molar-refractivity contribution is 8.04. The lowest BCUT2D eigenvalue weighted by atomic mass is 10.0. The van der Waals surface area contributed by atoms with Crippen molar-refractivity contribution < 1.29 is 31.9 Å². The lowest BCUT2D eigenvalue weighted by Crippen LogP contribution is -3.14. The van der Waals surface area contributed by atoms with Gasteiger partial charge in [-0.15, -0.1) is 11.8 Å². The topological polar surface area (TPSA) is 121 Å². The summed E-state index contributed by atoms with van der Waals surface area (Å²) in [5.74, 6) is -0.409. The highest BCUT2D eigenvalue weighted by atomic mass is 32.2. The molecule has 1 aromatic rings. The first-order valence-electron chi connectivity index (χ1n) is 10.1. The summed E-state index contributed by atoms with van der Waals surface area (Å²) in [6.45, 7) is 3.58. The number of amides is 2. The number of piperidine rings is 1. The van der Waals surface area contributed by atoms with Gasteiger partial charge in [-0.1, -0.05) is 5.57 Å². The van der Waals surface area contributed by atoms with Gasteiger partial charge in [-0.2, -0.15) is 8.42 Å². The van der Waals surface area contributed by atoms with Crippen LogP contribution in [0.2, 0.25) is 0 Å². The molecule has 0 aliphatic carbocycles. The van der Waals surface area contributed by atoms with Crippen LogP contribution in [0.5, 0.6) is 0 Å². The summed E-state index contributed by atoms with van der Waals surface area (Å²) in [5.41, 5.74) is 3.09. The van der Waals surface area contributed by atoms with Crippen LogP contribution in [-0.4, -0.2) is 61.8 Å². The van der Waals surface area contributed by atoms with Crippen molar-refractivity contribution in [3.05, 3.63) is 27.9 Å². The van der Waals surface area contributed by atoms with E-state index in [1.54, 1.807) is 17.3 Å². The standard InChI is InChI=1S/C19H25N3O6S2/c1-12-14(10-17(28-12)30(26,27)22-6-3-2-4-7-22)19(24)21-8-5-13-9-15(18(23)20-25)29-16(13)11-21/h10,15,25H,2-9,11H2,1H3,(H,20,23)/p+1. The normalized spacial score (nSPS) is 22.9. The Labute approximate surface area is 179 Å². The molecular weight excluding hydrogens is 430 g/mol. The van der Waals surface area contributed by atoms with Crippen molar-refractivity contribution in [2.24, 2.45) is 0 Å². The van der Waals surface area contributed by atoms with Crippen molar-refractivity contribution in [1.29, 1.82) is 0 Å². The molecule has 0 radical (unpaired) electrons. The van der Waals surface area contributed by atoms with E-state index in [9.17, 15) is 18.0 Å².